The number of esters is 2. The molecule has 1 aliphatic rings. The highest BCUT2D eigenvalue weighted by atomic mass is 32.2. The van der Waals surface area contributed by atoms with Crippen molar-refractivity contribution in [1.29, 1.82) is 0 Å². The summed E-state index contributed by atoms with van der Waals surface area (Å²) in [7, 11) is 0. The molecule has 0 saturated carbocycles. The summed E-state index contributed by atoms with van der Waals surface area (Å²) in [6.45, 7) is 5.63. The number of rotatable bonds is 4. The number of carbonyl (C=O) groups excluding carboxylic acids is 2. The molecule has 1 unspecified atom stereocenters. The first-order valence-electron chi connectivity index (χ1n) is 5.81. The molecular weight excluding hydrogens is 256 g/mol. The van der Waals surface area contributed by atoms with Crippen LogP contribution >= 0.6 is 11.8 Å². The van der Waals surface area contributed by atoms with Crippen LogP contribution in [0.5, 0.6) is 0 Å². The van der Waals surface area contributed by atoms with Gasteiger partial charge >= 0.3 is 11.9 Å². The second-order valence-electron chi connectivity index (χ2n) is 3.93. The molecule has 0 aromatic carbocycles. The number of thioether (sulfide) groups is 1. The monoisotopic (exact) mass is 274 g/mol. The minimum Gasteiger partial charge on any atom is -0.450 e. The number of carbonyl (C=O) groups is 2. The van der Waals surface area contributed by atoms with Crippen molar-refractivity contribution in [2.75, 3.05) is 25.6 Å². The van der Waals surface area contributed by atoms with Gasteiger partial charge in [-0.05, 0) is 25.5 Å². The van der Waals surface area contributed by atoms with Crippen molar-refractivity contribution >= 4 is 23.7 Å². The maximum absolute atomic E-state index is 11.4. The highest BCUT2D eigenvalue weighted by Crippen LogP contribution is 2.18. The van der Waals surface area contributed by atoms with E-state index >= 15 is 0 Å². The second kappa shape index (κ2) is 8.16. The second-order valence-corrected chi connectivity index (χ2v) is 5.20. The Morgan fingerprint density at radius 3 is 2.94 bits per heavy atom. The lowest BCUT2D eigenvalue weighted by Gasteiger charge is -2.19. The zero-order valence-electron chi connectivity index (χ0n) is 10.5. The topological polar surface area (TPSA) is 61.8 Å². The predicted molar refractivity (Wildman–Crippen MR) is 68.2 cm³/mol. The summed E-state index contributed by atoms with van der Waals surface area (Å²) in [5, 5.41) is 0. The molecule has 0 aromatic heterocycles. The quantitative estimate of drug-likeness (QED) is 0.572. The highest BCUT2D eigenvalue weighted by molar-refractivity contribution is 7.99. The fraction of sp³-hybridized carbons (Fsp3) is 0.667. The summed E-state index contributed by atoms with van der Waals surface area (Å²) in [5.41, 5.74) is -0.0622. The predicted octanol–water partition coefficient (Wildman–Crippen LogP) is 1.52. The van der Waals surface area contributed by atoms with Crippen molar-refractivity contribution < 1.29 is 23.8 Å². The van der Waals surface area contributed by atoms with Crippen LogP contribution in [0.4, 0.5) is 0 Å². The first kappa shape index (κ1) is 15.0. The van der Waals surface area contributed by atoms with E-state index in [0.29, 0.717) is 13.2 Å². The van der Waals surface area contributed by atoms with Crippen LogP contribution in [0.2, 0.25) is 0 Å². The van der Waals surface area contributed by atoms with E-state index in [0.717, 1.165) is 18.6 Å². The molecule has 0 N–H and O–H groups in total. The van der Waals surface area contributed by atoms with Gasteiger partial charge in [0.2, 0.25) is 0 Å². The summed E-state index contributed by atoms with van der Waals surface area (Å²) in [5.74, 6) is -0.216. The van der Waals surface area contributed by atoms with E-state index < -0.39 is 11.9 Å². The van der Waals surface area contributed by atoms with Crippen LogP contribution in [0.15, 0.2) is 12.2 Å². The third-order valence-corrected chi connectivity index (χ3v) is 3.30. The van der Waals surface area contributed by atoms with Crippen LogP contribution in [-0.2, 0) is 23.8 Å². The van der Waals surface area contributed by atoms with Crippen molar-refractivity contribution in [2.45, 2.75) is 25.2 Å². The fourth-order valence-electron chi connectivity index (χ4n) is 1.24. The first-order chi connectivity index (χ1) is 8.59. The summed E-state index contributed by atoms with van der Waals surface area (Å²) in [4.78, 5) is 22.5. The average molecular weight is 274 g/mol. The Balaban J connectivity index is 2.25. The summed E-state index contributed by atoms with van der Waals surface area (Å²) >= 11 is 1.54. The zero-order chi connectivity index (χ0) is 13.4. The molecule has 1 heterocycles. The van der Waals surface area contributed by atoms with Crippen LogP contribution in [-0.4, -0.2) is 42.9 Å². The normalized spacial score (nSPS) is 20.4. The molecule has 0 amide bonds. The Hall–Kier alpha value is -1.01. The Morgan fingerprint density at radius 1 is 1.44 bits per heavy atom. The molecule has 6 heteroatoms. The van der Waals surface area contributed by atoms with Gasteiger partial charge in [-0.2, -0.15) is 0 Å². The van der Waals surface area contributed by atoms with E-state index in [9.17, 15) is 9.59 Å². The Bertz CT molecular complexity index is 308. The van der Waals surface area contributed by atoms with Gasteiger partial charge in [-0.3, -0.25) is 0 Å². The van der Waals surface area contributed by atoms with Gasteiger partial charge in [0.1, 0.15) is 0 Å². The van der Waals surface area contributed by atoms with E-state index in [4.69, 9.17) is 14.2 Å². The summed E-state index contributed by atoms with van der Waals surface area (Å²) in [6.07, 6.45) is 2.08. The van der Waals surface area contributed by atoms with Gasteiger partial charge in [-0.25, -0.2) is 9.59 Å². The molecule has 0 bridgehead atoms. The van der Waals surface area contributed by atoms with Crippen LogP contribution in [0.3, 0.4) is 0 Å². The number of hydrogen-bond donors (Lipinski definition) is 0. The maximum Gasteiger partial charge on any atom is 0.345 e. The number of ether oxygens (including phenoxy) is 3. The molecule has 102 valence electrons. The molecular formula is C12H18O5S. The van der Waals surface area contributed by atoms with Gasteiger partial charge in [0.15, 0.2) is 12.0 Å². The van der Waals surface area contributed by atoms with Crippen molar-refractivity contribution in [3.05, 3.63) is 12.2 Å². The average Bonchev–Trinajstić information content (AvgIpc) is 2.29. The molecule has 1 atom stereocenters. The molecule has 0 radical (unpaired) electrons. The zero-order valence-corrected chi connectivity index (χ0v) is 11.3. The van der Waals surface area contributed by atoms with Gasteiger partial charge in [0.05, 0.1) is 6.61 Å². The van der Waals surface area contributed by atoms with E-state index in [-0.39, 0.29) is 17.6 Å². The van der Waals surface area contributed by atoms with Crippen LogP contribution in [0, 0.1) is 0 Å². The van der Waals surface area contributed by atoms with E-state index in [2.05, 4.69) is 6.58 Å². The molecule has 1 saturated heterocycles. The lowest BCUT2D eigenvalue weighted by Crippen LogP contribution is -2.26. The van der Waals surface area contributed by atoms with Crippen molar-refractivity contribution in [1.82, 2.24) is 0 Å². The van der Waals surface area contributed by atoms with Crippen molar-refractivity contribution in [3.8, 4) is 0 Å². The minimum absolute atomic E-state index is 0.256. The minimum atomic E-state index is -0.589. The highest BCUT2D eigenvalue weighted by Gasteiger charge is 2.18. The van der Waals surface area contributed by atoms with Crippen molar-refractivity contribution in [2.24, 2.45) is 0 Å². The number of hydrogen-bond acceptors (Lipinski definition) is 6. The molecule has 0 aromatic rings. The lowest BCUT2D eigenvalue weighted by molar-refractivity contribution is -0.159. The first-order valence-corrected chi connectivity index (χ1v) is 6.86. The van der Waals surface area contributed by atoms with Crippen molar-refractivity contribution in [3.63, 3.8) is 0 Å². The van der Waals surface area contributed by atoms with Gasteiger partial charge in [-0.15, -0.1) is 11.8 Å². The Morgan fingerprint density at radius 2 is 2.22 bits per heavy atom. The van der Waals surface area contributed by atoms with E-state index in [1.165, 1.54) is 6.92 Å². The molecule has 18 heavy (non-hydrogen) atoms. The third-order valence-electron chi connectivity index (χ3n) is 2.17. The van der Waals surface area contributed by atoms with Gasteiger partial charge in [0.25, 0.3) is 0 Å². The van der Waals surface area contributed by atoms with E-state index in [1.807, 2.05) is 0 Å². The molecule has 1 aliphatic heterocycles. The third kappa shape index (κ3) is 6.07. The molecule has 0 spiro atoms. The Kier molecular flexibility index (Phi) is 6.82. The molecule has 1 rings (SSSR count). The van der Waals surface area contributed by atoms with Gasteiger partial charge in [0, 0.05) is 12.2 Å². The SMILES string of the molecule is C=C(C)C(=O)OCC(=O)OC1COCCCCS1. The fourth-order valence-corrected chi connectivity index (χ4v) is 2.25. The summed E-state index contributed by atoms with van der Waals surface area (Å²) in [6, 6.07) is 0. The summed E-state index contributed by atoms with van der Waals surface area (Å²) < 4.78 is 15.2. The largest absolute Gasteiger partial charge is 0.450 e. The van der Waals surface area contributed by atoms with Crippen LogP contribution in [0.25, 0.3) is 0 Å². The van der Waals surface area contributed by atoms with E-state index in [1.54, 1.807) is 11.8 Å². The molecule has 1 fully saturated rings. The van der Waals surface area contributed by atoms with Crippen LogP contribution in [0.1, 0.15) is 19.8 Å². The van der Waals surface area contributed by atoms with Gasteiger partial charge in [-0.1, -0.05) is 6.58 Å². The molecule has 0 aliphatic carbocycles. The smallest absolute Gasteiger partial charge is 0.345 e. The van der Waals surface area contributed by atoms with Crippen LogP contribution < -0.4 is 0 Å². The Labute approximate surface area is 111 Å². The maximum atomic E-state index is 11.4. The van der Waals surface area contributed by atoms with Gasteiger partial charge < -0.3 is 14.2 Å². The lowest BCUT2D eigenvalue weighted by atomic mass is 10.4. The standard InChI is InChI=1S/C12H18O5S/c1-9(2)12(14)16-7-10(13)17-11-8-15-5-3-4-6-18-11/h11H,1,3-8H2,2H3. The molecule has 5 nitrogen and oxygen atoms in total.